The number of aromatic nitrogens is 5. The van der Waals surface area contributed by atoms with Crippen molar-refractivity contribution in [2.45, 2.75) is 37.6 Å². The first-order valence-electron chi connectivity index (χ1n) is 9.34. The Morgan fingerprint density at radius 1 is 1.24 bits per heavy atom. The molecule has 1 N–H and O–H groups in total. The number of piperidine rings is 1. The minimum Gasteiger partial charge on any atom is -0.339 e. The van der Waals surface area contributed by atoms with Crippen molar-refractivity contribution < 1.29 is 8.42 Å². The van der Waals surface area contributed by atoms with Crippen LogP contribution < -0.4 is 5.32 Å². The molecular weight excluding hydrogens is 410 g/mol. The normalized spacial score (nSPS) is 18.1. The third-order valence-electron chi connectivity index (χ3n) is 4.80. The van der Waals surface area contributed by atoms with Crippen LogP contribution in [0.25, 0.3) is 0 Å². The molecular formula is C18H23N7O2S2. The predicted molar refractivity (Wildman–Crippen MR) is 111 cm³/mol. The van der Waals surface area contributed by atoms with Gasteiger partial charge in [0, 0.05) is 49.4 Å². The molecule has 0 aliphatic carbocycles. The van der Waals surface area contributed by atoms with Gasteiger partial charge in [-0.05, 0) is 26.7 Å². The summed E-state index contributed by atoms with van der Waals surface area (Å²) in [6.45, 7) is 4.71. The number of hydrogen-bond donors (Lipinski definition) is 1. The molecule has 11 heteroatoms. The van der Waals surface area contributed by atoms with E-state index < -0.39 is 10.0 Å². The van der Waals surface area contributed by atoms with Gasteiger partial charge in [-0.1, -0.05) is 0 Å². The van der Waals surface area contributed by atoms with Crippen LogP contribution >= 0.6 is 11.3 Å². The Balaban J connectivity index is 1.56. The molecule has 1 aliphatic heterocycles. The number of hydrogen-bond acceptors (Lipinski definition) is 8. The molecule has 154 valence electrons. The number of nitrogens with one attached hydrogen (secondary N) is 1. The van der Waals surface area contributed by atoms with E-state index in [2.05, 4.69) is 25.3 Å². The van der Waals surface area contributed by atoms with Crippen LogP contribution in [0.15, 0.2) is 29.8 Å². The van der Waals surface area contributed by atoms with Crippen LogP contribution in [0.4, 0.5) is 10.9 Å². The lowest BCUT2D eigenvalue weighted by atomic mass is 9.96. The van der Waals surface area contributed by atoms with Gasteiger partial charge < -0.3 is 9.88 Å². The highest BCUT2D eigenvalue weighted by molar-refractivity contribution is 7.89. The minimum atomic E-state index is -3.61. The summed E-state index contributed by atoms with van der Waals surface area (Å²) in [6.07, 6.45) is 6.49. The van der Waals surface area contributed by atoms with E-state index in [1.54, 1.807) is 23.0 Å². The molecule has 0 spiro atoms. The van der Waals surface area contributed by atoms with Gasteiger partial charge in [-0.3, -0.25) is 0 Å². The molecule has 0 saturated carbocycles. The summed E-state index contributed by atoms with van der Waals surface area (Å²) in [4.78, 5) is 18.5. The average molecular weight is 434 g/mol. The lowest BCUT2D eigenvalue weighted by Crippen LogP contribution is -2.39. The van der Waals surface area contributed by atoms with Gasteiger partial charge in [0.2, 0.25) is 0 Å². The monoisotopic (exact) mass is 433 g/mol. The second kappa shape index (κ2) is 7.81. The van der Waals surface area contributed by atoms with E-state index >= 15 is 0 Å². The lowest BCUT2D eigenvalue weighted by Gasteiger charge is -2.31. The van der Waals surface area contributed by atoms with Gasteiger partial charge in [-0.15, -0.1) is 11.3 Å². The van der Waals surface area contributed by atoms with Crippen LogP contribution in [0.2, 0.25) is 0 Å². The zero-order valence-corrected chi connectivity index (χ0v) is 18.2. The van der Waals surface area contributed by atoms with Crippen molar-refractivity contribution in [2.75, 3.05) is 18.4 Å². The molecule has 1 aliphatic rings. The molecule has 1 saturated heterocycles. The Labute approximate surface area is 173 Å². The number of sulfonamides is 1. The minimum absolute atomic E-state index is 0.00233. The molecule has 4 heterocycles. The molecule has 3 aromatic heterocycles. The van der Waals surface area contributed by atoms with Gasteiger partial charge >= 0.3 is 0 Å². The maximum absolute atomic E-state index is 13.0. The van der Waals surface area contributed by atoms with Crippen LogP contribution in [0, 0.1) is 13.8 Å². The first-order valence-corrected chi connectivity index (χ1v) is 11.6. The molecule has 1 unspecified atom stereocenters. The van der Waals surface area contributed by atoms with Gasteiger partial charge in [-0.25, -0.2) is 28.4 Å². The van der Waals surface area contributed by atoms with E-state index in [4.69, 9.17) is 0 Å². The second-order valence-electron chi connectivity index (χ2n) is 7.21. The quantitative estimate of drug-likeness (QED) is 0.659. The molecule has 1 fully saturated rings. The summed E-state index contributed by atoms with van der Waals surface area (Å²) < 4.78 is 29.1. The van der Waals surface area contributed by atoms with Crippen LogP contribution in [-0.4, -0.2) is 50.3 Å². The number of rotatable bonds is 5. The average Bonchev–Trinajstić information content (AvgIpc) is 3.30. The Bertz CT molecular complexity index is 1120. The van der Waals surface area contributed by atoms with Gasteiger partial charge in [0.25, 0.3) is 10.0 Å². The molecule has 0 aromatic carbocycles. The van der Waals surface area contributed by atoms with Gasteiger partial charge in [-0.2, -0.15) is 4.31 Å². The summed E-state index contributed by atoms with van der Waals surface area (Å²) in [5.41, 5.74) is 0.842. The zero-order valence-electron chi connectivity index (χ0n) is 16.5. The van der Waals surface area contributed by atoms with E-state index in [-0.39, 0.29) is 10.9 Å². The molecule has 9 nitrogen and oxygen atoms in total. The fourth-order valence-electron chi connectivity index (χ4n) is 3.44. The van der Waals surface area contributed by atoms with Crippen molar-refractivity contribution in [3.05, 3.63) is 41.2 Å². The van der Waals surface area contributed by atoms with Gasteiger partial charge in [0.05, 0.1) is 12.0 Å². The second-order valence-corrected chi connectivity index (χ2v) is 10.3. The molecule has 0 radical (unpaired) electrons. The van der Waals surface area contributed by atoms with Crippen LogP contribution in [0.3, 0.4) is 0 Å². The van der Waals surface area contributed by atoms with Gasteiger partial charge in [0.1, 0.15) is 11.6 Å². The molecule has 4 rings (SSSR count). The number of anilines is 2. The predicted octanol–water partition coefficient (Wildman–Crippen LogP) is 2.60. The maximum Gasteiger partial charge on any atom is 0.262 e. The van der Waals surface area contributed by atoms with E-state index in [0.717, 1.165) is 28.5 Å². The van der Waals surface area contributed by atoms with Crippen molar-refractivity contribution in [2.24, 2.45) is 7.05 Å². The number of aryl methyl sites for hydroxylation is 3. The topological polar surface area (TPSA) is 106 Å². The SMILES string of the molecule is Cc1nc(Nc2ncc(C)s2)cc(C2CCCN(S(=O)(=O)c3cn(C)cn3)C2)n1. The zero-order chi connectivity index (χ0) is 20.6. The third-order valence-corrected chi connectivity index (χ3v) is 7.38. The molecule has 3 aromatic rings. The van der Waals surface area contributed by atoms with Crippen molar-refractivity contribution in [3.8, 4) is 0 Å². The van der Waals surface area contributed by atoms with Crippen LogP contribution in [0.1, 0.15) is 35.2 Å². The summed E-state index contributed by atoms with van der Waals surface area (Å²) in [5.74, 6) is 1.32. The summed E-state index contributed by atoms with van der Waals surface area (Å²) in [6, 6.07) is 1.89. The van der Waals surface area contributed by atoms with Crippen molar-refractivity contribution >= 4 is 32.3 Å². The number of thiazole rings is 1. The number of nitrogens with zero attached hydrogens (tertiary/aromatic N) is 6. The smallest absolute Gasteiger partial charge is 0.262 e. The highest BCUT2D eigenvalue weighted by Gasteiger charge is 2.33. The molecule has 0 bridgehead atoms. The van der Waals surface area contributed by atoms with Crippen LogP contribution in [-0.2, 0) is 17.1 Å². The van der Waals surface area contributed by atoms with Crippen molar-refractivity contribution in [1.29, 1.82) is 0 Å². The van der Waals surface area contributed by atoms with E-state index in [1.165, 1.54) is 16.8 Å². The molecule has 1 atom stereocenters. The first kappa shape index (κ1) is 19.9. The van der Waals surface area contributed by atoms with E-state index in [9.17, 15) is 8.42 Å². The number of imidazole rings is 1. The van der Waals surface area contributed by atoms with Crippen LogP contribution in [0.5, 0.6) is 0 Å². The maximum atomic E-state index is 13.0. The standard InChI is InChI=1S/C18H23N7O2S2/c1-12-8-19-18(28-12)23-16-7-15(21-13(2)22-16)14-5-4-6-25(9-14)29(26,27)17-10-24(3)11-20-17/h7-8,10-11,14H,4-6,9H2,1-3H3,(H,19,21,22,23). The Kier molecular flexibility index (Phi) is 5.36. The summed E-state index contributed by atoms with van der Waals surface area (Å²) in [7, 11) is -1.86. The highest BCUT2D eigenvalue weighted by atomic mass is 32.2. The van der Waals surface area contributed by atoms with Gasteiger partial charge in [0.15, 0.2) is 10.2 Å². The Hall–Kier alpha value is -2.37. The van der Waals surface area contributed by atoms with E-state index in [1.807, 2.05) is 26.1 Å². The van der Waals surface area contributed by atoms with Crippen molar-refractivity contribution in [3.63, 3.8) is 0 Å². The van der Waals surface area contributed by atoms with Crippen molar-refractivity contribution in [1.82, 2.24) is 28.8 Å². The van der Waals surface area contributed by atoms with E-state index in [0.29, 0.717) is 24.7 Å². The largest absolute Gasteiger partial charge is 0.339 e. The molecule has 29 heavy (non-hydrogen) atoms. The molecule has 0 amide bonds. The fourth-order valence-corrected chi connectivity index (χ4v) is 5.60. The first-order chi connectivity index (χ1) is 13.8. The summed E-state index contributed by atoms with van der Waals surface area (Å²) in [5, 5.41) is 4.08. The highest BCUT2D eigenvalue weighted by Crippen LogP contribution is 2.30. The fraction of sp³-hybridized carbons (Fsp3) is 0.444. The Morgan fingerprint density at radius 3 is 2.76 bits per heavy atom. The summed E-state index contributed by atoms with van der Waals surface area (Å²) >= 11 is 1.55. The Morgan fingerprint density at radius 2 is 2.07 bits per heavy atom. The third kappa shape index (κ3) is 4.31. The lowest BCUT2D eigenvalue weighted by molar-refractivity contribution is 0.311.